The third kappa shape index (κ3) is 4.27. The number of carbonyl (C=O) groups excluding carboxylic acids is 1. The summed E-state index contributed by atoms with van der Waals surface area (Å²) in [6, 6.07) is 18.6. The summed E-state index contributed by atoms with van der Waals surface area (Å²) in [4.78, 5) is 12.1. The number of benzene rings is 2. The number of nitrogens with zero attached hydrogens (tertiary/aromatic N) is 1. The largest absolute Gasteiger partial charge is 0.490 e. The molecule has 0 aliphatic heterocycles. The van der Waals surface area contributed by atoms with Gasteiger partial charge in [0, 0.05) is 22.1 Å². The van der Waals surface area contributed by atoms with Gasteiger partial charge in [0.25, 0.3) is 0 Å². The molecule has 5 heteroatoms. The molecule has 1 heterocycles. The third-order valence-corrected chi connectivity index (χ3v) is 4.28. The van der Waals surface area contributed by atoms with Crippen molar-refractivity contribution in [2.75, 3.05) is 13.2 Å². The van der Waals surface area contributed by atoms with Gasteiger partial charge in [-0.15, -0.1) is 0 Å². The summed E-state index contributed by atoms with van der Waals surface area (Å²) >= 11 is 5.82. The van der Waals surface area contributed by atoms with Gasteiger partial charge in [0.05, 0.1) is 5.56 Å². The fourth-order valence-corrected chi connectivity index (χ4v) is 2.86. The number of halogens is 1. The van der Waals surface area contributed by atoms with Crippen molar-refractivity contribution in [1.82, 2.24) is 4.57 Å². The Bertz CT molecular complexity index is 863. The molecule has 26 heavy (non-hydrogen) atoms. The molecular weight excluding hydrogens is 350 g/mol. The molecule has 1 aromatic heterocycles. The molecule has 0 fully saturated rings. The molecule has 0 amide bonds. The maximum absolute atomic E-state index is 12.1. The quantitative estimate of drug-likeness (QED) is 0.454. The number of aromatic nitrogens is 1. The minimum absolute atomic E-state index is 0.180. The third-order valence-electron chi connectivity index (χ3n) is 4.03. The van der Waals surface area contributed by atoms with Gasteiger partial charge in [-0.1, -0.05) is 11.6 Å². The van der Waals surface area contributed by atoms with Crippen molar-refractivity contribution in [3.63, 3.8) is 0 Å². The number of ether oxygens (including phenoxy) is 2. The van der Waals surface area contributed by atoms with Crippen LogP contribution in [0.5, 0.6) is 5.75 Å². The van der Waals surface area contributed by atoms with Crippen molar-refractivity contribution >= 4 is 17.6 Å². The Kier molecular flexibility index (Phi) is 5.64. The minimum atomic E-state index is -0.364. The van der Waals surface area contributed by atoms with Crippen LogP contribution in [0, 0.1) is 13.8 Å². The Morgan fingerprint density at radius 2 is 1.50 bits per heavy atom. The van der Waals surface area contributed by atoms with Crippen LogP contribution in [0.1, 0.15) is 21.7 Å². The normalized spacial score (nSPS) is 10.6. The highest BCUT2D eigenvalue weighted by Gasteiger charge is 2.09. The maximum atomic E-state index is 12.1. The Morgan fingerprint density at radius 3 is 2.12 bits per heavy atom. The zero-order chi connectivity index (χ0) is 18.5. The summed E-state index contributed by atoms with van der Waals surface area (Å²) in [7, 11) is 0. The van der Waals surface area contributed by atoms with Crippen molar-refractivity contribution in [3.05, 3.63) is 82.6 Å². The Hall–Kier alpha value is -2.72. The lowest BCUT2D eigenvalue weighted by atomic mass is 10.2. The molecular formula is C21H20ClNO3. The zero-order valence-corrected chi connectivity index (χ0v) is 15.5. The molecule has 0 radical (unpaired) electrons. The number of hydrogen-bond donors (Lipinski definition) is 0. The lowest BCUT2D eigenvalue weighted by Crippen LogP contribution is -2.12. The van der Waals surface area contributed by atoms with Gasteiger partial charge in [-0.2, -0.15) is 0 Å². The Labute approximate surface area is 157 Å². The summed E-state index contributed by atoms with van der Waals surface area (Å²) < 4.78 is 12.9. The van der Waals surface area contributed by atoms with E-state index in [4.69, 9.17) is 21.1 Å². The van der Waals surface area contributed by atoms with Crippen LogP contribution >= 0.6 is 11.6 Å². The predicted molar refractivity (Wildman–Crippen MR) is 102 cm³/mol. The first kappa shape index (κ1) is 18.1. The first-order valence-corrected chi connectivity index (χ1v) is 8.73. The molecule has 0 saturated heterocycles. The van der Waals surface area contributed by atoms with Crippen LogP contribution < -0.4 is 4.74 Å². The van der Waals surface area contributed by atoms with Gasteiger partial charge < -0.3 is 14.0 Å². The van der Waals surface area contributed by atoms with Crippen LogP contribution in [0.2, 0.25) is 5.02 Å². The van der Waals surface area contributed by atoms with Crippen LogP contribution in [-0.4, -0.2) is 23.8 Å². The summed E-state index contributed by atoms with van der Waals surface area (Å²) in [5.74, 6) is 0.324. The van der Waals surface area contributed by atoms with Gasteiger partial charge in [-0.25, -0.2) is 4.79 Å². The number of carbonyl (C=O) groups is 1. The van der Waals surface area contributed by atoms with Crippen molar-refractivity contribution < 1.29 is 14.3 Å². The van der Waals surface area contributed by atoms with Crippen molar-refractivity contribution in [1.29, 1.82) is 0 Å². The molecule has 4 nitrogen and oxygen atoms in total. The second kappa shape index (κ2) is 8.11. The second-order valence-corrected chi connectivity index (χ2v) is 6.37. The molecule has 0 spiro atoms. The molecule has 134 valence electrons. The zero-order valence-electron chi connectivity index (χ0n) is 14.7. The van der Waals surface area contributed by atoms with E-state index in [9.17, 15) is 4.79 Å². The SMILES string of the molecule is Cc1ccc(C)n1-c1ccc(C(=O)OCCOc2ccc(Cl)cc2)cc1. The average molecular weight is 370 g/mol. The van der Waals surface area contributed by atoms with Gasteiger partial charge in [0.2, 0.25) is 0 Å². The van der Waals surface area contributed by atoms with Crippen LogP contribution in [-0.2, 0) is 4.74 Å². The maximum Gasteiger partial charge on any atom is 0.338 e. The van der Waals surface area contributed by atoms with Crippen LogP contribution in [0.25, 0.3) is 5.69 Å². The number of hydrogen-bond acceptors (Lipinski definition) is 3. The first-order chi connectivity index (χ1) is 12.5. The van der Waals surface area contributed by atoms with Crippen molar-refractivity contribution in [2.24, 2.45) is 0 Å². The van der Waals surface area contributed by atoms with E-state index in [-0.39, 0.29) is 19.2 Å². The molecule has 0 saturated carbocycles. The van der Waals surface area contributed by atoms with E-state index in [0.717, 1.165) is 17.1 Å². The highest BCUT2D eigenvalue weighted by Crippen LogP contribution is 2.18. The summed E-state index contributed by atoms with van der Waals surface area (Å²) in [5.41, 5.74) is 3.84. The highest BCUT2D eigenvalue weighted by molar-refractivity contribution is 6.30. The molecule has 0 N–H and O–H groups in total. The lowest BCUT2D eigenvalue weighted by molar-refractivity contribution is 0.0450. The fraction of sp³-hybridized carbons (Fsp3) is 0.190. The monoisotopic (exact) mass is 369 g/mol. The molecule has 2 aromatic carbocycles. The molecule has 0 bridgehead atoms. The fourth-order valence-electron chi connectivity index (χ4n) is 2.73. The minimum Gasteiger partial charge on any atom is -0.490 e. The van der Waals surface area contributed by atoms with Crippen LogP contribution in [0.15, 0.2) is 60.7 Å². The Balaban J connectivity index is 1.53. The van der Waals surface area contributed by atoms with Gasteiger partial charge in [0.1, 0.15) is 19.0 Å². The van der Waals surface area contributed by atoms with E-state index < -0.39 is 0 Å². The number of rotatable bonds is 6. The topological polar surface area (TPSA) is 40.5 Å². The lowest BCUT2D eigenvalue weighted by Gasteiger charge is -2.10. The van der Waals surface area contributed by atoms with E-state index in [2.05, 4.69) is 30.5 Å². The molecule has 0 aliphatic rings. The number of esters is 1. The predicted octanol–water partition coefficient (Wildman–Crippen LogP) is 4.98. The molecule has 0 atom stereocenters. The van der Waals surface area contributed by atoms with Crippen LogP contribution in [0.3, 0.4) is 0 Å². The van der Waals surface area contributed by atoms with Gasteiger partial charge in [-0.05, 0) is 74.5 Å². The highest BCUT2D eigenvalue weighted by atomic mass is 35.5. The standard InChI is InChI=1S/C21H20ClNO3/c1-15-3-4-16(2)23(15)19-9-5-17(6-10-19)21(24)26-14-13-25-20-11-7-18(22)8-12-20/h3-12H,13-14H2,1-2H3. The first-order valence-electron chi connectivity index (χ1n) is 8.35. The van der Waals surface area contributed by atoms with E-state index in [0.29, 0.717) is 16.3 Å². The van der Waals surface area contributed by atoms with E-state index >= 15 is 0 Å². The Morgan fingerprint density at radius 1 is 0.885 bits per heavy atom. The summed E-state index contributed by atoms with van der Waals surface area (Å²) in [6.07, 6.45) is 0. The average Bonchev–Trinajstić information content (AvgIpc) is 2.98. The van der Waals surface area contributed by atoms with Gasteiger partial charge >= 0.3 is 5.97 Å². The second-order valence-electron chi connectivity index (χ2n) is 5.94. The summed E-state index contributed by atoms with van der Waals surface area (Å²) in [6.45, 7) is 4.57. The summed E-state index contributed by atoms with van der Waals surface area (Å²) in [5, 5.41) is 0.650. The molecule has 3 aromatic rings. The molecule has 0 unspecified atom stereocenters. The molecule has 3 rings (SSSR count). The van der Waals surface area contributed by atoms with Gasteiger partial charge in [0.15, 0.2) is 0 Å². The van der Waals surface area contributed by atoms with E-state index in [1.165, 1.54) is 0 Å². The van der Waals surface area contributed by atoms with Crippen LogP contribution in [0.4, 0.5) is 0 Å². The van der Waals surface area contributed by atoms with E-state index in [1.807, 2.05) is 12.1 Å². The number of aryl methyl sites for hydroxylation is 2. The van der Waals surface area contributed by atoms with Gasteiger partial charge in [-0.3, -0.25) is 0 Å². The van der Waals surface area contributed by atoms with E-state index in [1.54, 1.807) is 36.4 Å². The molecule has 0 aliphatic carbocycles. The smallest absolute Gasteiger partial charge is 0.338 e. The van der Waals surface area contributed by atoms with Crippen molar-refractivity contribution in [2.45, 2.75) is 13.8 Å². The van der Waals surface area contributed by atoms with Crippen molar-refractivity contribution in [3.8, 4) is 11.4 Å².